The predicted molar refractivity (Wildman–Crippen MR) is 97.2 cm³/mol. The number of hydrogen-bond acceptors (Lipinski definition) is 2. The average molecular weight is 319 g/mol. The second-order valence-electron chi connectivity index (χ2n) is 6.00. The molecule has 3 aromatic rings. The molecule has 0 heterocycles. The molecule has 0 radical (unpaired) electrons. The molecule has 0 aliphatic rings. The van der Waals surface area contributed by atoms with Gasteiger partial charge in [0.1, 0.15) is 5.75 Å². The van der Waals surface area contributed by atoms with Crippen molar-refractivity contribution in [3.8, 4) is 5.75 Å². The summed E-state index contributed by atoms with van der Waals surface area (Å²) in [7, 11) is 0. The van der Waals surface area contributed by atoms with Gasteiger partial charge in [-0.1, -0.05) is 48.5 Å². The van der Waals surface area contributed by atoms with Gasteiger partial charge in [0.05, 0.1) is 6.04 Å². The van der Waals surface area contributed by atoms with E-state index in [1.165, 1.54) is 10.8 Å². The molecule has 1 N–H and O–H groups in total. The van der Waals surface area contributed by atoms with E-state index in [-0.39, 0.29) is 18.6 Å². The van der Waals surface area contributed by atoms with E-state index in [0.29, 0.717) is 5.75 Å². The zero-order chi connectivity index (χ0) is 16.9. The minimum atomic E-state index is -0.128. The van der Waals surface area contributed by atoms with Crippen LogP contribution in [0.1, 0.15) is 24.1 Å². The molecular formula is C21H21NO2. The van der Waals surface area contributed by atoms with Crippen LogP contribution in [0.5, 0.6) is 5.75 Å². The summed E-state index contributed by atoms with van der Waals surface area (Å²) in [5.74, 6) is 0.584. The average Bonchev–Trinajstić information content (AvgIpc) is 2.59. The maximum absolute atomic E-state index is 12.1. The lowest BCUT2D eigenvalue weighted by Crippen LogP contribution is -2.31. The van der Waals surface area contributed by atoms with E-state index in [2.05, 4.69) is 35.6 Å². The van der Waals surface area contributed by atoms with Crippen LogP contribution in [0, 0.1) is 6.92 Å². The summed E-state index contributed by atoms with van der Waals surface area (Å²) in [5, 5.41) is 5.35. The Labute approximate surface area is 142 Å². The number of hydrogen-bond donors (Lipinski definition) is 1. The standard InChI is InChI=1S/C21H21NO2/c1-15-6-5-9-20(12-15)24-14-21(23)22-16(2)18-11-10-17-7-3-4-8-19(17)13-18/h3-13,16H,14H2,1-2H3,(H,22,23)/t16-/m0/s1. The van der Waals surface area contributed by atoms with Crippen molar-refractivity contribution < 1.29 is 9.53 Å². The fourth-order valence-electron chi connectivity index (χ4n) is 2.70. The largest absolute Gasteiger partial charge is 0.484 e. The second-order valence-corrected chi connectivity index (χ2v) is 6.00. The van der Waals surface area contributed by atoms with Gasteiger partial charge in [-0.15, -0.1) is 0 Å². The smallest absolute Gasteiger partial charge is 0.258 e. The van der Waals surface area contributed by atoms with Crippen LogP contribution >= 0.6 is 0 Å². The fraction of sp³-hybridized carbons (Fsp3) is 0.190. The molecule has 3 aromatic carbocycles. The SMILES string of the molecule is Cc1cccc(OCC(=O)N[C@@H](C)c2ccc3ccccc3c2)c1. The molecule has 3 rings (SSSR count). The summed E-state index contributed by atoms with van der Waals surface area (Å²) < 4.78 is 5.54. The number of ether oxygens (including phenoxy) is 1. The number of rotatable bonds is 5. The second kappa shape index (κ2) is 7.18. The summed E-state index contributed by atoms with van der Waals surface area (Å²) in [6.45, 7) is 3.99. The van der Waals surface area contributed by atoms with Gasteiger partial charge >= 0.3 is 0 Å². The molecule has 1 amide bonds. The van der Waals surface area contributed by atoms with Crippen LogP contribution in [0.4, 0.5) is 0 Å². The highest BCUT2D eigenvalue weighted by molar-refractivity contribution is 5.83. The van der Waals surface area contributed by atoms with E-state index >= 15 is 0 Å². The van der Waals surface area contributed by atoms with Crippen LogP contribution in [0.15, 0.2) is 66.7 Å². The molecule has 3 nitrogen and oxygen atoms in total. The van der Waals surface area contributed by atoms with Gasteiger partial charge in [0.2, 0.25) is 0 Å². The Morgan fingerprint density at radius 2 is 1.79 bits per heavy atom. The fourth-order valence-corrected chi connectivity index (χ4v) is 2.70. The third-order valence-electron chi connectivity index (χ3n) is 4.01. The number of aryl methyl sites for hydroxylation is 1. The number of fused-ring (bicyclic) bond motifs is 1. The van der Waals surface area contributed by atoms with Crippen molar-refractivity contribution in [2.75, 3.05) is 6.61 Å². The van der Waals surface area contributed by atoms with Crippen molar-refractivity contribution in [3.63, 3.8) is 0 Å². The molecule has 0 spiro atoms. The van der Waals surface area contributed by atoms with Crippen LogP contribution < -0.4 is 10.1 Å². The van der Waals surface area contributed by atoms with E-state index < -0.39 is 0 Å². The number of nitrogens with one attached hydrogen (secondary N) is 1. The quantitative estimate of drug-likeness (QED) is 0.757. The summed E-state index contributed by atoms with van der Waals surface area (Å²) >= 11 is 0. The van der Waals surface area contributed by atoms with Crippen molar-refractivity contribution in [1.29, 1.82) is 0 Å². The van der Waals surface area contributed by atoms with Crippen LogP contribution in [-0.4, -0.2) is 12.5 Å². The molecule has 0 saturated carbocycles. The van der Waals surface area contributed by atoms with Crippen molar-refractivity contribution in [3.05, 3.63) is 77.9 Å². The van der Waals surface area contributed by atoms with Gasteiger partial charge < -0.3 is 10.1 Å². The van der Waals surface area contributed by atoms with Gasteiger partial charge in [-0.3, -0.25) is 4.79 Å². The van der Waals surface area contributed by atoms with E-state index in [1.54, 1.807) is 0 Å². The van der Waals surface area contributed by atoms with Gasteiger partial charge in [-0.25, -0.2) is 0 Å². The van der Waals surface area contributed by atoms with Crippen molar-refractivity contribution in [2.45, 2.75) is 19.9 Å². The van der Waals surface area contributed by atoms with Crippen LogP contribution in [0.3, 0.4) is 0 Å². The Balaban J connectivity index is 1.60. The number of carbonyl (C=O) groups is 1. The maximum Gasteiger partial charge on any atom is 0.258 e. The molecule has 122 valence electrons. The summed E-state index contributed by atoms with van der Waals surface area (Å²) in [5.41, 5.74) is 2.19. The lowest BCUT2D eigenvalue weighted by molar-refractivity contribution is -0.123. The van der Waals surface area contributed by atoms with Gasteiger partial charge in [-0.2, -0.15) is 0 Å². The molecule has 0 aromatic heterocycles. The van der Waals surface area contributed by atoms with E-state index in [0.717, 1.165) is 11.1 Å². The van der Waals surface area contributed by atoms with Gasteiger partial charge in [0, 0.05) is 0 Å². The van der Waals surface area contributed by atoms with Gasteiger partial charge in [0.15, 0.2) is 6.61 Å². The van der Waals surface area contributed by atoms with Crippen molar-refractivity contribution in [2.24, 2.45) is 0 Å². The lowest BCUT2D eigenvalue weighted by atomic mass is 10.0. The van der Waals surface area contributed by atoms with Crippen LogP contribution in [0.2, 0.25) is 0 Å². The minimum Gasteiger partial charge on any atom is -0.484 e. The van der Waals surface area contributed by atoms with E-state index in [1.807, 2.05) is 50.2 Å². The Hall–Kier alpha value is -2.81. The lowest BCUT2D eigenvalue weighted by Gasteiger charge is -2.15. The van der Waals surface area contributed by atoms with Crippen molar-refractivity contribution in [1.82, 2.24) is 5.32 Å². The van der Waals surface area contributed by atoms with E-state index in [4.69, 9.17) is 4.74 Å². The first-order valence-corrected chi connectivity index (χ1v) is 8.09. The minimum absolute atomic E-state index is 0.0153. The van der Waals surface area contributed by atoms with Gasteiger partial charge in [0.25, 0.3) is 5.91 Å². The molecule has 1 atom stereocenters. The first-order valence-electron chi connectivity index (χ1n) is 8.09. The van der Waals surface area contributed by atoms with Crippen molar-refractivity contribution >= 4 is 16.7 Å². The third-order valence-corrected chi connectivity index (χ3v) is 4.01. The molecule has 0 unspecified atom stereocenters. The predicted octanol–water partition coefficient (Wildman–Crippen LogP) is 4.40. The van der Waals surface area contributed by atoms with Crippen LogP contribution in [-0.2, 0) is 4.79 Å². The number of amides is 1. The Morgan fingerprint density at radius 1 is 1.00 bits per heavy atom. The molecule has 3 heteroatoms. The molecule has 0 bridgehead atoms. The Bertz CT molecular complexity index is 857. The van der Waals surface area contributed by atoms with Crippen LogP contribution in [0.25, 0.3) is 10.8 Å². The highest BCUT2D eigenvalue weighted by atomic mass is 16.5. The summed E-state index contributed by atoms with van der Waals surface area (Å²) in [6, 6.07) is 22.1. The Morgan fingerprint density at radius 3 is 2.58 bits per heavy atom. The Kier molecular flexibility index (Phi) is 4.80. The third kappa shape index (κ3) is 3.93. The summed E-state index contributed by atoms with van der Waals surface area (Å²) in [4.78, 5) is 12.1. The molecular weight excluding hydrogens is 298 g/mol. The normalized spacial score (nSPS) is 11.9. The number of carbonyl (C=O) groups excluding carboxylic acids is 1. The molecule has 0 aliphatic heterocycles. The maximum atomic E-state index is 12.1. The monoisotopic (exact) mass is 319 g/mol. The highest BCUT2D eigenvalue weighted by Gasteiger charge is 2.10. The van der Waals surface area contributed by atoms with E-state index in [9.17, 15) is 4.79 Å². The highest BCUT2D eigenvalue weighted by Crippen LogP contribution is 2.20. The molecule has 24 heavy (non-hydrogen) atoms. The molecule has 0 saturated heterocycles. The molecule has 0 fully saturated rings. The first-order chi connectivity index (χ1) is 11.6. The summed E-state index contributed by atoms with van der Waals surface area (Å²) in [6.07, 6.45) is 0. The molecule has 0 aliphatic carbocycles. The van der Waals surface area contributed by atoms with Gasteiger partial charge in [-0.05, 0) is 53.9 Å². The first kappa shape index (κ1) is 16.1. The topological polar surface area (TPSA) is 38.3 Å². The zero-order valence-corrected chi connectivity index (χ0v) is 14.0. The zero-order valence-electron chi connectivity index (χ0n) is 14.0. The number of benzene rings is 3.